The van der Waals surface area contributed by atoms with Gasteiger partial charge in [0.15, 0.2) is 0 Å². The molecule has 1 fully saturated rings. The largest absolute Gasteiger partial charge is 0.350 e. The van der Waals surface area contributed by atoms with Gasteiger partial charge in [-0.05, 0) is 46.1 Å². The van der Waals surface area contributed by atoms with Crippen LogP contribution in [-0.2, 0) is 9.59 Å². The zero-order chi connectivity index (χ0) is 14.5. The second kappa shape index (κ2) is 6.89. The number of amides is 2. The quantitative estimate of drug-likeness (QED) is 0.707. The van der Waals surface area contributed by atoms with Gasteiger partial charge in [-0.25, -0.2) is 0 Å². The van der Waals surface area contributed by atoms with Crippen molar-refractivity contribution in [2.24, 2.45) is 5.92 Å². The summed E-state index contributed by atoms with van der Waals surface area (Å²) in [6.45, 7) is 8.95. The maximum Gasteiger partial charge on any atom is 0.239 e. The van der Waals surface area contributed by atoms with Gasteiger partial charge >= 0.3 is 0 Å². The molecule has 1 aliphatic rings. The van der Waals surface area contributed by atoms with Crippen molar-refractivity contribution in [1.29, 1.82) is 0 Å². The molecule has 0 spiro atoms. The van der Waals surface area contributed by atoms with Crippen LogP contribution in [-0.4, -0.2) is 36.5 Å². The summed E-state index contributed by atoms with van der Waals surface area (Å²) in [6, 6.07) is 0.236. The third-order valence-corrected chi connectivity index (χ3v) is 3.30. The van der Waals surface area contributed by atoms with E-state index < -0.39 is 0 Å². The monoisotopic (exact) mass is 269 g/mol. The molecule has 1 aliphatic heterocycles. The van der Waals surface area contributed by atoms with E-state index in [0.717, 1.165) is 13.0 Å². The van der Waals surface area contributed by atoms with Crippen molar-refractivity contribution in [3.63, 3.8) is 0 Å². The first-order valence-corrected chi connectivity index (χ1v) is 7.09. The first-order chi connectivity index (χ1) is 8.78. The van der Waals surface area contributed by atoms with Crippen LogP contribution in [0.25, 0.3) is 0 Å². The van der Waals surface area contributed by atoms with Crippen molar-refractivity contribution < 1.29 is 9.59 Å². The molecule has 0 saturated carbocycles. The Hall–Kier alpha value is -1.10. The lowest BCUT2D eigenvalue weighted by molar-refractivity contribution is -0.127. The van der Waals surface area contributed by atoms with E-state index >= 15 is 0 Å². The zero-order valence-corrected chi connectivity index (χ0v) is 12.5. The molecule has 0 radical (unpaired) electrons. The van der Waals surface area contributed by atoms with Gasteiger partial charge in [0.05, 0.1) is 6.54 Å². The normalized spacial score (nSPS) is 23.8. The molecule has 2 amide bonds. The van der Waals surface area contributed by atoms with Crippen LogP contribution < -0.4 is 16.0 Å². The van der Waals surface area contributed by atoms with Gasteiger partial charge in [0.1, 0.15) is 0 Å². The van der Waals surface area contributed by atoms with Crippen molar-refractivity contribution in [3.05, 3.63) is 0 Å². The Morgan fingerprint density at radius 1 is 1.26 bits per heavy atom. The Labute approximate surface area is 115 Å². The molecule has 5 heteroatoms. The van der Waals surface area contributed by atoms with E-state index in [9.17, 15) is 9.59 Å². The summed E-state index contributed by atoms with van der Waals surface area (Å²) in [5.41, 5.74) is -0.263. The highest BCUT2D eigenvalue weighted by molar-refractivity contribution is 5.85. The van der Waals surface area contributed by atoms with Crippen LogP contribution in [0, 0.1) is 5.92 Å². The molecule has 0 aromatic heterocycles. The predicted octanol–water partition coefficient (Wildman–Crippen LogP) is 0.796. The van der Waals surface area contributed by atoms with E-state index in [1.54, 1.807) is 0 Å². The summed E-state index contributed by atoms with van der Waals surface area (Å²) in [4.78, 5) is 23.4. The van der Waals surface area contributed by atoms with Crippen molar-refractivity contribution >= 4 is 11.8 Å². The average molecular weight is 269 g/mol. The maximum absolute atomic E-state index is 11.8. The van der Waals surface area contributed by atoms with E-state index in [4.69, 9.17) is 0 Å². The fourth-order valence-corrected chi connectivity index (χ4v) is 2.30. The molecule has 1 rings (SSSR count). The maximum atomic E-state index is 11.8. The molecule has 0 aliphatic carbocycles. The fraction of sp³-hybridized carbons (Fsp3) is 0.857. The van der Waals surface area contributed by atoms with Gasteiger partial charge in [-0.1, -0.05) is 6.92 Å². The highest BCUT2D eigenvalue weighted by atomic mass is 16.2. The molecule has 0 aromatic rings. The molecular weight excluding hydrogens is 242 g/mol. The van der Waals surface area contributed by atoms with Gasteiger partial charge in [-0.2, -0.15) is 0 Å². The molecule has 19 heavy (non-hydrogen) atoms. The van der Waals surface area contributed by atoms with Crippen molar-refractivity contribution in [3.8, 4) is 0 Å². The summed E-state index contributed by atoms with van der Waals surface area (Å²) in [7, 11) is 0. The Balaban J connectivity index is 2.26. The van der Waals surface area contributed by atoms with Crippen LogP contribution in [0.3, 0.4) is 0 Å². The third kappa shape index (κ3) is 6.57. The van der Waals surface area contributed by atoms with Gasteiger partial charge in [-0.15, -0.1) is 0 Å². The minimum atomic E-state index is -0.263. The summed E-state index contributed by atoms with van der Waals surface area (Å²) in [5, 5.41) is 8.86. The summed E-state index contributed by atoms with van der Waals surface area (Å²) in [5.74, 6) is 0.309. The van der Waals surface area contributed by atoms with Crippen molar-refractivity contribution in [2.75, 3.05) is 13.1 Å². The first-order valence-electron chi connectivity index (χ1n) is 7.09. The van der Waals surface area contributed by atoms with Crippen molar-refractivity contribution in [1.82, 2.24) is 16.0 Å². The molecule has 1 saturated heterocycles. The van der Waals surface area contributed by atoms with Crippen LogP contribution in [0.2, 0.25) is 0 Å². The standard InChI is InChI=1S/C14H27N3O2/c1-10-6-5-7-15-11(10)8-12(18)16-9-13(19)17-14(2,3)4/h10-11,15H,5-9H2,1-4H3,(H,16,18)(H,17,19). The number of nitrogens with one attached hydrogen (secondary N) is 3. The summed E-state index contributed by atoms with van der Waals surface area (Å²) < 4.78 is 0. The van der Waals surface area contributed by atoms with Crippen LogP contribution in [0.4, 0.5) is 0 Å². The zero-order valence-electron chi connectivity index (χ0n) is 12.5. The van der Waals surface area contributed by atoms with E-state index in [2.05, 4.69) is 22.9 Å². The Bertz CT molecular complexity index is 323. The number of carbonyl (C=O) groups excluding carboxylic acids is 2. The number of hydrogen-bond donors (Lipinski definition) is 3. The fourth-order valence-electron chi connectivity index (χ4n) is 2.30. The number of rotatable bonds is 4. The topological polar surface area (TPSA) is 70.2 Å². The molecule has 0 aromatic carbocycles. The molecule has 110 valence electrons. The van der Waals surface area contributed by atoms with Gasteiger partial charge in [0, 0.05) is 18.0 Å². The molecule has 0 bridgehead atoms. The highest BCUT2D eigenvalue weighted by Gasteiger charge is 2.23. The van der Waals surface area contributed by atoms with Gasteiger partial charge in [0.2, 0.25) is 11.8 Å². The van der Waals surface area contributed by atoms with E-state index in [1.807, 2.05) is 20.8 Å². The molecule has 3 N–H and O–H groups in total. The molecule has 5 nitrogen and oxygen atoms in total. The minimum Gasteiger partial charge on any atom is -0.350 e. The smallest absolute Gasteiger partial charge is 0.239 e. The lowest BCUT2D eigenvalue weighted by Gasteiger charge is -2.29. The second-order valence-electron chi connectivity index (χ2n) is 6.46. The minimum absolute atomic E-state index is 0.0528. The van der Waals surface area contributed by atoms with Gasteiger partial charge < -0.3 is 16.0 Å². The van der Waals surface area contributed by atoms with E-state index in [-0.39, 0.29) is 29.9 Å². The lowest BCUT2D eigenvalue weighted by atomic mass is 9.90. The number of hydrogen-bond acceptors (Lipinski definition) is 3. The SMILES string of the molecule is CC1CCCNC1CC(=O)NCC(=O)NC(C)(C)C. The molecule has 1 heterocycles. The lowest BCUT2D eigenvalue weighted by Crippen LogP contribution is -2.47. The summed E-state index contributed by atoms with van der Waals surface area (Å²) in [6.07, 6.45) is 2.78. The number of carbonyl (C=O) groups is 2. The van der Waals surface area contributed by atoms with Crippen molar-refractivity contribution in [2.45, 2.75) is 58.5 Å². The Kier molecular flexibility index (Phi) is 5.79. The van der Waals surface area contributed by atoms with Crippen LogP contribution in [0.1, 0.15) is 47.0 Å². The van der Waals surface area contributed by atoms with Crippen LogP contribution >= 0.6 is 0 Å². The van der Waals surface area contributed by atoms with Gasteiger partial charge in [0.25, 0.3) is 0 Å². The van der Waals surface area contributed by atoms with Crippen LogP contribution in [0.5, 0.6) is 0 Å². The molecular formula is C14H27N3O2. The predicted molar refractivity (Wildman–Crippen MR) is 75.7 cm³/mol. The molecule has 2 unspecified atom stereocenters. The second-order valence-corrected chi connectivity index (χ2v) is 6.46. The number of piperidine rings is 1. The third-order valence-electron chi connectivity index (χ3n) is 3.30. The van der Waals surface area contributed by atoms with E-state index in [1.165, 1.54) is 6.42 Å². The van der Waals surface area contributed by atoms with Gasteiger partial charge in [-0.3, -0.25) is 9.59 Å². The Morgan fingerprint density at radius 3 is 2.53 bits per heavy atom. The van der Waals surface area contributed by atoms with E-state index in [0.29, 0.717) is 12.3 Å². The van der Waals surface area contributed by atoms with Crippen LogP contribution in [0.15, 0.2) is 0 Å². The highest BCUT2D eigenvalue weighted by Crippen LogP contribution is 2.17. The Morgan fingerprint density at radius 2 is 1.95 bits per heavy atom. The average Bonchev–Trinajstić information content (AvgIpc) is 2.27. The molecule has 2 atom stereocenters. The first kappa shape index (κ1) is 16.0. The summed E-state index contributed by atoms with van der Waals surface area (Å²) >= 11 is 0.